The highest BCUT2D eigenvalue weighted by molar-refractivity contribution is 5.77. The molecule has 0 aromatic heterocycles. The second-order valence-corrected chi connectivity index (χ2v) is 12.4. The van der Waals surface area contributed by atoms with E-state index in [4.69, 9.17) is 14.2 Å². The molecule has 0 heterocycles. The van der Waals surface area contributed by atoms with Crippen molar-refractivity contribution in [1.82, 2.24) is 0 Å². The zero-order valence-electron chi connectivity index (χ0n) is 26.6. The Morgan fingerprint density at radius 3 is 1.62 bits per heavy atom. The Kier molecular flexibility index (Phi) is 16.7. The number of methoxy groups -OCH3 is 3. The van der Waals surface area contributed by atoms with Crippen molar-refractivity contribution in [2.75, 3.05) is 48.5 Å². The molecule has 1 aliphatic rings. The molecule has 1 aromatic carbocycles. The van der Waals surface area contributed by atoms with Gasteiger partial charge in [-0.1, -0.05) is 109 Å². The maximum atomic E-state index is 5.85. The summed E-state index contributed by atoms with van der Waals surface area (Å²) < 4.78 is 18.4. The molecule has 4 heteroatoms. The van der Waals surface area contributed by atoms with E-state index in [1.807, 2.05) is 6.07 Å². The topological polar surface area (TPSA) is 27.7 Å². The highest BCUT2D eigenvalue weighted by Gasteiger charge is 2.36. The van der Waals surface area contributed by atoms with Crippen LogP contribution in [0.25, 0.3) is 5.76 Å². The zero-order valence-corrected chi connectivity index (χ0v) is 26.6. The Morgan fingerprint density at radius 2 is 1.13 bits per heavy atom. The first kappa shape index (κ1) is 33.5. The summed E-state index contributed by atoms with van der Waals surface area (Å²) in [5, 5.41) is 0. The smallest absolute Gasteiger partial charge is 0.168 e. The molecule has 0 N–H and O–H groups in total. The normalized spacial score (nSPS) is 15.1. The quantitative estimate of drug-likeness (QED) is 0.0957. The lowest BCUT2D eigenvalue weighted by Gasteiger charge is -2.30. The summed E-state index contributed by atoms with van der Waals surface area (Å²) in [4.78, 5) is 0. The number of nitrogens with zero attached hydrogens (tertiary/aromatic N) is 1. The number of unbranched alkanes of at least 4 members (excludes halogenated alkanes) is 15. The molecule has 0 spiro atoms. The second-order valence-electron chi connectivity index (χ2n) is 12.4. The van der Waals surface area contributed by atoms with Gasteiger partial charge in [-0.2, -0.15) is 0 Å². The lowest BCUT2D eigenvalue weighted by atomic mass is 9.94. The van der Waals surface area contributed by atoms with Crippen LogP contribution in [0.2, 0.25) is 0 Å². The molecule has 0 saturated heterocycles. The number of benzene rings is 1. The van der Waals surface area contributed by atoms with Crippen molar-refractivity contribution in [1.29, 1.82) is 0 Å². The lowest BCUT2D eigenvalue weighted by Crippen LogP contribution is -2.41. The number of rotatable bonds is 24. The Bertz CT molecular complexity index is 816. The van der Waals surface area contributed by atoms with E-state index in [1.165, 1.54) is 121 Å². The Labute approximate surface area is 242 Å². The van der Waals surface area contributed by atoms with E-state index in [-0.39, 0.29) is 5.92 Å². The van der Waals surface area contributed by atoms with E-state index in [9.17, 15) is 0 Å². The summed E-state index contributed by atoms with van der Waals surface area (Å²) in [5.74, 6) is 2.88. The Balaban J connectivity index is 1.55. The van der Waals surface area contributed by atoms with Gasteiger partial charge in [-0.3, -0.25) is 0 Å². The molecule has 1 aliphatic carbocycles. The summed E-state index contributed by atoms with van der Waals surface area (Å²) in [6.45, 7) is 4.75. The van der Waals surface area contributed by atoms with Crippen LogP contribution in [0.15, 0.2) is 24.0 Å². The molecule has 2 rings (SSSR count). The number of allylic oxidation sites excluding steroid dienone is 1. The van der Waals surface area contributed by atoms with E-state index in [2.05, 4.69) is 33.2 Å². The fourth-order valence-electron chi connectivity index (χ4n) is 6.32. The van der Waals surface area contributed by atoms with Crippen molar-refractivity contribution >= 4 is 5.76 Å². The van der Waals surface area contributed by atoms with Crippen molar-refractivity contribution in [2.24, 2.45) is 0 Å². The maximum absolute atomic E-state index is 5.85. The highest BCUT2D eigenvalue weighted by atomic mass is 16.5. The number of quaternary nitrogens is 1. The first-order valence-corrected chi connectivity index (χ1v) is 16.3. The standard InChI is InChI=1S/C35H62NO3/c1-7-8-9-10-11-12-13-14-15-16-17-18-19-20-21-22-28-36(2,3)29-24-26-31-30-25-23-27-32(37-4)33(30)35(39-6)34(31)38-5/h23,25,27,31H,7-22,24,26,28-29H2,1-6H3/q+1. The summed E-state index contributed by atoms with van der Waals surface area (Å²) in [6.07, 6.45) is 25.1. The largest absolute Gasteiger partial charge is 0.497 e. The SMILES string of the molecule is CCCCCCCCCCCCCCCCCC[N+](C)(C)CCCC1C(OC)=C(OC)c2c(OC)cccc21. The van der Waals surface area contributed by atoms with Gasteiger partial charge in [-0.15, -0.1) is 0 Å². The van der Waals surface area contributed by atoms with Crippen LogP contribution in [-0.2, 0) is 9.47 Å². The summed E-state index contributed by atoms with van der Waals surface area (Å²) in [7, 11) is 10.00. The zero-order chi connectivity index (χ0) is 28.3. The van der Waals surface area contributed by atoms with Crippen molar-refractivity contribution in [3.05, 3.63) is 35.1 Å². The third kappa shape index (κ3) is 11.8. The fraction of sp³-hybridized carbons (Fsp3) is 0.771. The van der Waals surface area contributed by atoms with E-state index < -0.39 is 0 Å². The average Bonchev–Trinajstić information content (AvgIpc) is 3.25. The van der Waals surface area contributed by atoms with Crippen LogP contribution in [0.4, 0.5) is 0 Å². The first-order chi connectivity index (χ1) is 19.0. The van der Waals surface area contributed by atoms with Gasteiger partial charge in [0, 0.05) is 5.92 Å². The van der Waals surface area contributed by atoms with Gasteiger partial charge in [0.1, 0.15) is 11.5 Å². The molecule has 39 heavy (non-hydrogen) atoms. The molecule has 0 saturated carbocycles. The summed E-state index contributed by atoms with van der Waals surface area (Å²) in [6, 6.07) is 6.28. The van der Waals surface area contributed by atoms with Crippen LogP contribution in [0, 0.1) is 0 Å². The minimum absolute atomic E-state index is 0.241. The number of fused-ring (bicyclic) bond motifs is 1. The van der Waals surface area contributed by atoms with Gasteiger partial charge in [-0.25, -0.2) is 0 Å². The molecule has 0 amide bonds. The maximum Gasteiger partial charge on any atom is 0.168 e. The van der Waals surface area contributed by atoms with Crippen LogP contribution in [0.3, 0.4) is 0 Å². The van der Waals surface area contributed by atoms with Gasteiger partial charge in [0.15, 0.2) is 5.76 Å². The Morgan fingerprint density at radius 1 is 0.615 bits per heavy atom. The van der Waals surface area contributed by atoms with E-state index >= 15 is 0 Å². The number of hydrogen-bond acceptors (Lipinski definition) is 3. The summed E-state index contributed by atoms with van der Waals surface area (Å²) >= 11 is 0. The number of hydrogen-bond donors (Lipinski definition) is 0. The monoisotopic (exact) mass is 544 g/mol. The Hall–Kier alpha value is -1.68. The predicted molar refractivity (Wildman–Crippen MR) is 167 cm³/mol. The average molecular weight is 545 g/mol. The predicted octanol–water partition coefficient (Wildman–Crippen LogP) is 9.87. The van der Waals surface area contributed by atoms with Crippen LogP contribution in [0.1, 0.15) is 140 Å². The third-order valence-electron chi connectivity index (χ3n) is 8.72. The van der Waals surface area contributed by atoms with Gasteiger partial charge < -0.3 is 18.7 Å². The third-order valence-corrected chi connectivity index (χ3v) is 8.72. The first-order valence-electron chi connectivity index (χ1n) is 16.3. The van der Waals surface area contributed by atoms with Crippen LogP contribution >= 0.6 is 0 Å². The van der Waals surface area contributed by atoms with Crippen LogP contribution < -0.4 is 4.74 Å². The molecule has 1 unspecified atom stereocenters. The van der Waals surface area contributed by atoms with Crippen molar-refractivity contribution in [3.8, 4) is 5.75 Å². The fourth-order valence-corrected chi connectivity index (χ4v) is 6.32. The van der Waals surface area contributed by atoms with Gasteiger partial charge in [0.25, 0.3) is 0 Å². The van der Waals surface area contributed by atoms with Crippen molar-refractivity contribution in [3.63, 3.8) is 0 Å². The van der Waals surface area contributed by atoms with Crippen molar-refractivity contribution < 1.29 is 18.7 Å². The number of ether oxygens (including phenoxy) is 3. The molecule has 1 atom stereocenters. The molecule has 0 radical (unpaired) electrons. The minimum atomic E-state index is 0.241. The van der Waals surface area contributed by atoms with Crippen LogP contribution in [0.5, 0.6) is 5.75 Å². The highest BCUT2D eigenvalue weighted by Crippen LogP contribution is 2.48. The van der Waals surface area contributed by atoms with Gasteiger partial charge in [-0.05, 0) is 37.3 Å². The molecule has 0 aliphatic heterocycles. The molecular weight excluding hydrogens is 482 g/mol. The molecule has 4 nitrogen and oxygen atoms in total. The summed E-state index contributed by atoms with van der Waals surface area (Å²) in [5.41, 5.74) is 2.33. The van der Waals surface area contributed by atoms with E-state index in [1.54, 1.807) is 21.3 Å². The minimum Gasteiger partial charge on any atom is -0.497 e. The van der Waals surface area contributed by atoms with E-state index in [0.717, 1.165) is 40.2 Å². The van der Waals surface area contributed by atoms with Crippen LogP contribution in [-0.4, -0.2) is 53.0 Å². The molecule has 1 aromatic rings. The van der Waals surface area contributed by atoms with E-state index in [0.29, 0.717) is 0 Å². The van der Waals surface area contributed by atoms with Gasteiger partial charge >= 0.3 is 0 Å². The molecule has 0 fully saturated rings. The van der Waals surface area contributed by atoms with Gasteiger partial charge in [0.2, 0.25) is 0 Å². The molecule has 224 valence electrons. The van der Waals surface area contributed by atoms with Gasteiger partial charge in [0.05, 0.1) is 54.1 Å². The van der Waals surface area contributed by atoms with Crippen molar-refractivity contribution in [2.45, 2.75) is 128 Å². The molecule has 0 bridgehead atoms. The lowest BCUT2D eigenvalue weighted by molar-refractivity contribution is -0.890. The second kappa shape index (κ2) is 19.4. The molecular formula is C35H62NO3+.